The fraction of sp³-hybridized carbons (Fsp3) is 0.0357. The van der Waals surface area contributed by atoms with Crippen molar-refractivity contribution in [1.82, 2.24) is 0 Å². The minimum Gasteiger partial charge on any atom is -0.423 e. The lowest BCUT2D eigenvalue weighted by atomic mass is 10.1. The Hall–Kier alpha value is -5.77. The molecule has 0 fully saturated rings. The second-order valence-corrected chi connectivity index (χ2v) is 5.66. The number of anilines is 2. The first-order valence-corrected chi connectivity index (χ1v) is 9.16. The molecule has 4 N–H and O–H groups in total. The van der Waals surface area contributed by atoms with Gasteiger partial charge < -0.3 is 20.9 Å². The molecule has 0 bridgehead atoms. The number of ether oxygens (including phenoxy) is 2. The van der Waals surface area contributed by atoms with E-state index in [2.05, 4.69) is 83.1 Å². The van der Waals surface area contributed by atoms with Crippen LogP contribution in [-0.4, -0.2) is 5.97 Å². The molecule has 0 radical (unpaired) electrons. The number of rotatable bonds is 3. The summed E-state index contributed by atoms with van der Waals surface area (Å²) < 4.78 is 10.5. The highest BCUT2D eigenvalue weighted by molar-refractivity contribution is 5.97. The van der Waals surface area contributed by atoms with Gasteiger partial charge in [0.1, 0.15) is 17.6 Å². The Morgan fingerprint density at radius 1 is 0.697 bits per heavy atom. The summed E-state index contributed by atoms with van der Waals surface area (Å²) in [6.07, 6.45) is 2.42. The maximum absolute atomic E-state index is 12.2. The molecule has 2 aromatic carbocycles. The SMILES string of the molecule is CC#CC#CC#CC#CC#CC#CC#COc1ccc(OC(=O)c2ccc(N)cc2N)cc1. The van der Waals surface area contributed by atoms with Crippen molar-refractivity contribution in [3.63, 3.8) is 0 Å². The Balaban J connectivity index is 1.84. The van der Waals surface area contributed by atoms with Gasteiger partial charge in [-0.1, -0.05) is 5.92 Å². The van der Waals surface area contributed by atoms with Crippen molar-refractivity contribution in [2.75, 3.05) is 11.5 Å². The van der Waals surface area contributed by atoms with Crippen LogP contribution in [-0.2, 0) is 0 Å². The van der Waals surface area contributed by atoms with Crippen LogP contribution < -0.4 is 20.9 Å². The van der Waals surface area contributed by atoms with Crippen LogP contribution in [0, 0.1) is 83.1 Å². The van der Waals surface area contributed by atoms with Crippen molar-refractivity contribution < 1.29 is 14.3 Å². The van der Waals surface area contributed by atoms with Crippen molar-refractivity contribution in [3.05, 3.63) is 48.0 Å². The lowest BCUT2D eigenvalue weighted by molar-refractivity contribution is 0.0736. The van der Waals surface area contributed by atoms with E-state index in [1.807, 2.05) is 0 Å². The summed E-state index contributed by atoms with van der Waals surface area (Å²) in [5.74, 6) is 33.0. The highest BCUT2D eigenvalue weighted by atomic mass is 16.5. The number of hydrogen-bond acceptors (Lipinski definition) is 5. The summed E-state index contributed by atoms with van der Waals surface area (Å²) in [7, 11) is 0. The molecule has 5 nitrogen and oxygen atoms in total. The molecule has 33 heavy (non-hydrogen) atoms. The van der Waals surface area contributed by atoms with Crippen molar-refractivity contribution in [2.45, 2.75) is 6.92 Å². The van der Waals surface area contributed by atoms with Gasteiger partial charge in [0.2, 0.25) is 0 Å². The number of benzene rings is 2. The minimum atomic E-state index is -0.593. The normalized spacial score (nSPS) is 7.42. The third-order valence-electron chi connectivity index (χ3n) is 3.36. The fourth-order valence-electron chi connectivity index (χ4n) is 1.99. The third-order valence-corrected chi connectivity index (χ3v) is 3.36. The predicted octanol–water partition coefficient (Wildman–Crippen LogP) is 2.45. The molecule has 0 heterocycles. The van der Waals surface area contributed by atoms with Gasteiger partial charge in [0.15, 0.2) is 0 Å². The molecule has 0 saturated carbocycles. The zero-order valence-electron chi connectivity index (χ0n) is 17.4. The van der Waals surface area contributed by atoms with Gasteiger partial charge in [-0.15, -0.1) is 0 Å². The van der Waals surface area contributed by atoms with Crippen LogP contribution in [0.5, 0.6) is 11.5 Å². The second kappa shape index (κ2) is 13.5. The van der Waals surface area contributed by atoms with E-state index in [0.717, 1.165) is 0 Å². The average Bonchev–Trinajstić information content (AvgIpc) is 2.80. The van der Waals surface area contributed by atoms with Crippen molar-refractivity contribution in [3.8, 4) is 94.6 Å². The lowest BCUT2D eigenvalue weighted by Crippen LogP contribution is -2.11. The molecule has 0 saturated heterocycles. The maximum atomic E-state index is 12.2. The van der Waals surface area contributed by atoms with Gasteiger partial charge in [0.05, 0.1) is 5.56 Å². The van der Waals surface area contributed by atoms with E-state index in [1.54, 1.807) is 37.3 Å². The summed E-state index contributed by atoms with van der Waals surface area (Å²) in [4.78, 5) is 12.2. The molecule has 0 amide bonds. The Kier molecular flexibility index (Phi) is 9.58. The van der Waals surface area contributed by atoms with Gasteiger partial charge in [-0.05, 0) is 84.9 Å². The number of hydrogen-bond donors (Lipinski definition) is 2. The molecular formula is C28H14N2O3. The van der Waals surface area contributed by atoms with E-state index in [-0.39, 0.29) is 11.3 Å². The molecule has 2 rings (SSSR count). The maximum Gasteiger partial charge on any atom is 0.345 e. The molecule has 0 aromatic heterocycles. The van der Waals surface area contributed by atoms with Crippen molar-refractivity contribution >= 4 is 17.3 Å². The standard InChI is InChI=1S/C28H14N2O3/c1-2-3-4-5-6-7-8-9-10-11-12-13-14-21-32-24-16-18-25(19-17-24)33-28(31)26-20-15-23(29)22-27(26)30/h15-20,22H,29-30H2,1H3. The van der Waals surface area contributed by atoms with Crippen LogP contribution in [0.1, 0.15) is 17.3 Å². The highest BCUT2D eigenvalue weighted by Crippen LogP contribution is 2.21. The summed E-state index contributed by atoms with van der Waals surface area (Å²) in [6.45, 7) is 1.69. The van der Waals surface area contributed by atoms with E-state index in [0.29, 0.717) is 17.2 Å². The molecule has 0 unspecified atom stereocenters. The van der Waals surface area contributed by atoms with Crippen molar-refractivity contribution in [2.24, 2.45) is 0 Å². The summed E-state index contributed by atoms with van der Waals surface area (Å²) >= 11 is 0. The Labute approximate surface area is 192 Å². The van der Waals surface area contributed by atoms with E-state index in [4.69, 9.17) is 20.9 Å². The van der Waals surface area contributed by atoms with Gasteiger partial charge in [-0.2, -0.15) is 0 Å². The van der Waals surface area contributed by atoms with Gasteiger partial charge in [0.25, 0.3) is 0 Å². The molecule has 0 aliphatic rings. The largest absolute Gasteiger partial charge is 0.423 e. The quantitative estimate of drug-likeness (QED) is 0.341. The molecule has 0 spiro atoms. The Morgan fingerprint density at radius 2 is 1.21 bits per heavy atom. The lowest BCUT2D eigenvalue weighted by Gasteiger charge is -2.07. The van der Waals surface area contributed by atoms with Crippen LogP contribution in [0.2, 0.25) is 0 Å². The summed E-state index contributed by atoms with van der Waals surface area (Å²) in [5, 5.41) is 0. The number of nitrogen functional groups attached to an aromatic ring is 2. The molecule has 2 aromatic rings. The minimum absolute atomic E-state index is 0.225. The Morgan fingerprint density at radius 3 is 1.76 bits per heavy atom. The zero-order valence-corrected chi connectivity index (χ0v) is 17.4. The first kappa shape index (κ1) is 23.5. The van der Waals surface area contributed by atoms with Crippen molar-refractivity contribution in [1.29, 1.82) is 0 Å². The molecule has 0 aliphatic carbocycles. The van der Waals surface area contributed by atoms with Crippen LogP contribution in [0.25, 0.3) is 0 Å². The number of nitrogens with two attached hydrogens (primary N) is 2. The third kappa shape index (κ3) is 9.06. The summed E-state index contributed by atoms with van der Waals surface area (Å²) in [5.41, 5.74) is 12.3. The first-order valence-electron chi connectivity index (χ1n) is 9.16. The van der Waals surface area contributed by atoms with E-state index >= 15 is 0 Å². The van der Waals surface area contributed by atoms with Gasteiger partial charge in [-0.3, -0.25) is 0 Å². The number of esters is 1. The van der Waals surface area contributed by atoms with Crippen LogP contribution >= 0.6 is 0 Å². The summed E-state index contributed by atoms with van der Waals surface area (Å²) in [6, 6.07) is 10.9. The van der Waals surface area contributed by atoms with Crippen LogP contribution in [0.15, 0.2) is 42.5 Å². The predicted molar refractivity (Wildman–Crippen MR) is 127 cm³/mol. The van der Waals surface area contributed by atoms with E-state index < -0.39 is 5.97 Å². The monoisotopic (exact) mass is 426 g/mol. The van der Waals surface area contributed by atoms with Gasteiger partial charge in [-0.25, -0.2) is 4.79 Å². The van der Waals surface area contributed by atoms with Gasteiger partial charge >= 0.3 is 5.97 Å². The zero-order chi connectivity index (χ0) is 23.7. The number of carbonyl (C=O) groups excluding carboxylic acids is 1. The first-order chi connectivity index (χ1) is 16.1. The fourth-order valence-corrected chi connectivity index (χ4v) is 1.99. The molecular weight excluding hydrogens is 412 g/mol. The van der Waals surface area contributed by atoms with E-state index in [1.165, 1.54) is 12.1 Å². The van der Waals surface area contributed by atoms with Gasteiger partial charge in [0, 0.05) is 46.9 Å². The second-order valence-electron chi connectivity index (χ2n) is 5.66. The van der Waals surface area contributed by atoms with Crippen LogP contribution in [0.3, 0.4) is 0 Å². The topological polar surface area (TPSA) is 87.6 Å². The molecule has 5 heteroatoms. The molecule has 0 aliphatic heterocycles. The number of carbonyl (C=O) groups is 1. The highest BCUT2D eigenvalue weighted by Gasteiger charge is 2.12. The van der Waals surface area contributed by atoms with E-state index in [9.17, 15) is 4.79 Å². The average molecular weight is 426 g/mol. The van der Waals surface area contributed by atoms with Crippen LogP contribution in [0.4, 0.5) is 11.4 Å². The Bertz CT molecular complexity index is 1490. The molecule has 0 atom stereocenters. The smallest absolute Gasteiger partial charge is 0.345 e. The molecule has 154 valence electrons.